The molecule has 0 atom stereocenters. The zero-order chi connectivity index (χ0) is 16.7. The van der Waals surface area contributed by atoms with Crippen LogP contribution in [0.15, 0.2) is 60.7 Å². The van der Waals surface area contributed by atoms with Gasteiger partial charge in [0.15, 0.2) is 5.78 Å². The van der Waals surface area contributed by atoms with Gasteiger partial charge >= 0.3 is 0 Å². The molecule has 3 aromatic rings. The van der Waals surface area contributed by atoms with E-state index in [1.54, 1.807) is 24.3 Å². The van der Waals surface area contributed by atoms with E-state index >= 15 is 0 Å². The van der Waals surface area contributed by atoms with Crippen LogP contribution in [0.2, 0.25) is 5.02 Å². The van der Waals surface area contributed by atoms with Crippen molar-refractivity contribution in [3.05, 3.63) is 76.8 Å². The van der Waals surface area contributed by atoms with E-state index in [0.29, 0.717) is 10.6 Å². The molecule has 2 aromatic carbocycles. The van der Waals surface area contributed by atoms with Gasteiger partial charge in [-0.25, -0.2) is 0 Å². The molecular weight excluding hydrogens is 320 g/mol. The van der Waals surface area contributed by atoms with Crippen molar-refractivity contribution in [2.75, 3.05) is 18.5 Å². The predicted molar refractivity (Wildman–Crippen MR) is 98.0 cm³/mol. The lowest BCUT2D eigenvalue weighted by atomic mass is 10.0. The maximum Gasteiger partial charge on any atom is 0.196 e. The van der Waals surface area contributed by atoms with Gasteiger partial charge in [-0.1, -0.05) is 41.9 Å². The Labute approximate surface area is 146 Å². The molecule has 0 spiro atoms. The van der Waals surface area contributed by atoms with E-state index in [2.05, 4.69) is 21.6 Å². The van der Waals surface area contributed by atoms with Crippen molar-refractivity contribution in [1.82, 2.24) is 4.57 Å². The lowest BCUT2D eigenvalue weighted by Gasteiger charge is -2.12. The van der Waals surface area contributed by atoms with Crippen LogP contribution in [0.4, 0.5) is 5.82 Å². The number of ketones is 1. The summed E-state index contributed by atoms with van der Waals surface area (Å²) in [7, 11) is 2.03. The Hall–Kier alpha value is -2.52. The Morgan fingerprint density at radius 1 is 1.00 bits per heavy atom. The number of likely N-dealkylation sites (N-methyl/N-ethyl adjacent to an activating group) is 1. The molecule has 4 rings (SSSR count). The molecule has 0 saturated carbocycles. The van der Waals surface area contributed by atoms with E-state index in [-0.39, 0.29) is 5.78 Å². The molecule has 2 heterocycles. The number of hydrogen-bond donors (Lipinski definition) is 0. The second kappa shape index (κ2) is 5.84. The van der Waals surface area contributed by atoms with Crippen LogP contribution in [0.3, 0.4) is 0 Å². The average Bonchev–Trinajstić information content (AvgIpc) is 3.17. The third kappa shape index (κ3) is 2.42. The zero-order valence-electron chi connectivity index (χ0n) is 13.4. The molecule has 1 aliphatic heterocycles. The van der Waals surface area contributed by atoms with Gasteiger partial charge in [-0.2, -0.15) is 0 Å². The largest absolute Gasteiger partial charge is 0.359 e. The van der Waals surface area contributed by atoms with E-state index < -0.39 is 0 Å². The summed E-state index contributed by atoms with van der Waals surface area (Å²) < 4.78 is 2.23. The van der Waals surface area contributed by atoms with E-state index in [4.69, 9.17) is 11.6 Å². The van der Waals surface area contributed by atoms with Crippen molar-refractivity contribution >= 4 is 23.2 Å². The molecule has 3 nitrogen and oxygen atoms in total. The fourth-order valence-electron chi connectivity index (χ4n) is 3.30. The molecule has 0 amide bonds. The number of rotatable bonds is 3. The molecule has 0 saturated heterocycles. The number of aromatic nitrogens is 1. The van der Waals surface area contributed by atoms with Gasteiger partial charge in [0.05, 0.1) is 11.3 Å². The first-order valence-electron chi connectivity index (χ1n) is 7.95. The van der Waals surface area contributed by atoms with Crippen molar-refractivity contribution in [1.29, 1.82) is 0 Å². The van der Waals surface area contributed by atoms with Crippen LogP contribution in [-0.2, 0) is 6.54 Å². The number of nitrogens with zero attached hydrogens (tertiary/aromatic N) is 2. The quantitative estimate of drug-likeness (QED) is 0.658. The van der Waals surface area contributed by atoms with Gasteiger partial charge in [0, 0.05) is 30.7 Å². The molecule has 24 heavy (non-hydrogen) atoms. The summed E-state index contributed by atoms with van der Waals surface area (Å²) in [5.41, 5.74) is 3.63. The Balaban J connectivity index is 1.84. The van der Waals surface area contributed by atoms with Crippen molar-refractivity contribution in [3.63, 3.8) is 0 Å². The van der Waals surface area contributed by atoms with Crippen LogP contribution >= 0.6 is 11.6 Å². The predicted octanol–water partition coefficient (Wildman–Crippen LogP) is 4.49. The van der Waals surface area contributed by atoms with E-state index in [9.17, 15) is 4.79 Å². The minimum atomic E-state index is 0.0337. The molecule has 0 N–H and O–H groups in total. The van der Waals surface area contributed by atoms with Crippen molar-refractivity contribution < 1.29 is 4.79 Å². The third-order valence-corrected chi connectivity index (χ3v) is 4.76. The van der Waals surface area contributed by atoms with Crippen LogP contribution in [0.25, 0.3) is 11.3 Å². The summed E-state index contributed by atoms with van der Waals surface area (Å²) in [5, 5.41) is 0.635. The SMILES string of the molecule is CN1CCn2c(-c3ccccc3)cc(C(=O)c3ccc(Cl)cc3)c21. The van der Waals surface area contributed by atoms with Crippen molar-refractivity contribution in [3.8, 4) is 11.3 Å². The molecule has 4 heteroatoms. The summed E-state index contributed by atoms with van der Waals surface area (Å²) in [5.74, 6) is 1.03. The van der Waals surface area contributed by atoms with Gasteiger partial charge in [-0.05, 0) is 35.9 Å². The summed E-state index contributed by atoms with van der Waals surface area (Å²) in [6.07, 6.45) is 0. The maximum absolute atomic E-state index is 13.0. The standard InChI is InChI=1S/C20H17ClN2O/c1-22-11-12-23-18(14-5-3-2-4-6-14)13-17(20(22)23)19(24)15-7-9-16(21)10-8-15/h2-10,13H,11-12H2,1H3. The number of carbonyl (C=O) groups excluding carboxylic acids is 1. The number of benzene rings is 2. The second-order valence-corrected chi connectivity index (χ2v) is 6.48. The van der Waals surface area contributed by atoms with Crippen molar-refractivity contribution in [2.45, 2.75) is 6.54 Å². The number of hydrogen-bond acceptors (Lipinski definition) is 2. The van der Waals surface area contributed by atoms with Crippen molar-refractivity contribution in [2.24, 2.45) is 0 Å². The van der Waals surface area contributed by atoms with Crippen LogP contribution < -0.4 is 4.90 Å². The first-order chi connectivity index (χ1) is 11.6. The van der Waals surface area contributed by atoms with Gasteiger partial charge in [0.1, 0.15) is 5.82 Å². The summed E-state index contributed by atoms with van der Waals surface area (Å²) in [6, 6.07) is 19.3. The molecule has 0 unspecified atom stereocenters. The highest BCUT2D eigenvalue weighted by Crippen LogP contribution is 2.36. The summed E-state index contributed by atoms with van der Waals surface area (Å²) >= 11 is 5.94. The van der Waals surface area contributed by atoms with E-state index in [1.165, 1.54) is 0 Å². The number of carbonyl (C=O) groups is 1. The maximum atomic E-state index is 13.0. The first kappa shape index (κ1) is 15.0. The molecule has 1 aliphatic rings. The Bertz CT molecular complexity index is 897. The van der Waals surface area contributed by atoms with E-state index in [0.717, 1.165) is 35.7 Å². The van der Waals surface area contributed by atoms with Gasteiger partial charge < -0.3 is 9.47 Å². The highest BCUT2D eigenvalue weighted by Gasteiger charge is 2.28. The minimum Gasteiger partial charge on any atom is -0.359 e. The molecule has 0 fully saturated rings. The molecule has 1 aromatic heterocycles. The highest BCUT2D eigenvalue weighted by molar-refractivity contribution is 6.30. The number of fused-ring (bicyclic) bond motifs is 1. The van der Waals surface area contributed by atoms with Crippen LogP contribution in [-0.4, -0.2) is 23.9 Å². The molecular formula is C20H17ClN2O. The van der Waals surface area contributed by atoms with Gasteiger partial charge in [-0.15, -0.1) is 0 Å². The normalized spacial score (nSPS) is 13.2. The second-order valence-electron chi connectivity index (χ2n) is 6.04. The lowest BCUT2D eigenvalue weighted by Crippen LogP contribution is -2.15. The molecule has 0 radical (unpaired) electrons. The lowest BCUT2D eigenvalue weighted by molar-refractivity contribution is 0.103. The Morgan fingerprint density at radius 2 is 1.71 bits per heavy atom. The van der Waals surface area contributed by atoms with Crippen LogP contribution in [0, 0.1) is 0 Å². The molecule has 120 valence electrons. The summed E-state index contributed by atoms with van der Waals surface area (Å²) in [6.45, 7) is 1.81. The number of anilines is 1. The first-order valence-corrected chi connectivity index (χ1v) is 8.33. The Morgan fingerprint density at radius 3 is 2.42 bits per heavy atom. The fraction of sp³-hybridized carbons (Fsp3) is 0.150. The summed E-state index contributed by atoms with van der Waals surface area (Å²) in [4.78, 5) is 15.2. The van der Waals surface area contributed by atoms with Gasteiger partial charge in [0.2, 0.25) is 0 Å². The van der Waals surface area contributed by atoms with E-state index in [1.807, 2.05) is 31.3 Å². The van der Waals surface area contributed by atoms with Gasteiger partial charge in [0.25, 0.3) is 0 Å². The monoisotopic (exact) mass is 336 g/mol. The number of halogens is 1. The van der Waals surface area contributed by atoms with Gasteiger partial charge in [-0.3, -0.25) is 4.79 Å². The van der Waals surface area contributed by atoms with Crippen LogP contribution in [0.5, 0.6) is 0 Å². The third-order valence-electron chi connectivity index (χ3n) is 4.51. The zero-order valence-corrected chi connectivity index (χ0v) is 14.1. The smallest absolute Gasteiger partial charge is 0.196 e. The highest BCUT2D eigenvalue weighted by atomic mass is 35.5. The molecule has 0 bridgehead atoms. The average molecular weight is 337 g/mol. The minimum absolute atomic E-state index is 0.0337. The Kier molecular flexibility index (Phi) is 3.66. The topological polar surface area (TPSA) is 25.2 Å². The fourth-order valence-corrected chi connectivity index (χ4v) is 3.43. The molecule has 0 aliphatic carbocycles. The van der Waals surface area contributed by atoms with Crippen LogP contribution in [0.1, 0.15) is 15.9 Å².